The van der Waals surface area contributed by atoms with Crippen LogP contribution in [0.1, 0.15) is 24.5 Å². The van der Waals surface area contributed by atoms with Crippen LogP contribution in [-0.4, -0.2) is 19.6 Å². The quantitative estimate of drug-likeness (QED) is 0.743. The van der Waals surface area contributed by atoms with Gasteiger partial charge in [0.1, 0.15) is 12.4 Å². The first kappa shape index (κ1) is 13.9. The van der Waals surface area contributed by atoms with Crippen molar-refractivity contribution in [2.24, 2.45) is 0 Å². The highest BCUT2D eigenvalue weighted by molar-refractivity contribution is 5.40. The van der Waals surface area contributed by atoms with Crippen LogP contribution in [0.5, 0.6) is 5.75 Å². The lowest BCUT2D eigenvalue weighted by Crippen LogP contribution is -2.16. The van der Waals surface area contributed by atoms with Crippen LogP contribution in [0.25, 0.3) is 0 Å². The van der Waals surface area contributed by atoms with Crippen LogP contribution >= 0.6 is 0 Å². The number of hydrogen-bond acceptors (Lipinski definition) is 2. The second kappa shape index (κ2) is 7.22. The number of benzene rings is 1. The number of alkyl halides is 2. The molecular weight excluding hydrogens is 224 g/mol. The number of nitrogens with one attached hydrogen (secondary N) is 1. The van der Waals surface area contributed by atoms with Crippen molar-refractivity contribution in [3.05, 3.63) is 29.3 Å². The monoisotopic (exact) mass is 243 g/mol. The van der Waals surface area contributed by atoms with Crippen LogP contribution in [0, 0.1) is 6.92 Å². The zero-order valence-corrected chi connectivity index (χ0v) is 10.3. The molecule has 0 aliphatic rings. The highest BCUT2D eigenvalue weighted by atomic mass is 19.3. The molecule has 0 amide bonds. The Kier molecular flexibility index (Phi) is 5.91. The maximum atomic E-state index is 12.1. The molecule has 0 unspecified atom stereocenters. The van der Waals surface area contributed by atoms with Gasteiger partial charge in [-0.25, -0.2) is 8.78 Å². The first-order valence-electron chi connectivity index (χ1n) is 5.85. The first-order valence-corrected chi connectivity index (χ1v) is 5.85. The summed E-state index contributed by atoms with van der Waals surface area (Å²) in [4.78, 5) is 0. The van der Waals surface area contributed by atoms with Gasteiger partial charge in [-0.15, -0.1) is 0 Å². The zero-order chi connectivity index (χ0) is 12.7. The van der Waals surface area contributed by atoms with Crippen molar-refractivity contribution in [1.82, 2.24) is 5.32 Å². The largest absolute Gasteiger partial charge is 0.487 e. The molecule has 1 N–H and O–H groups in total. The standard InChI is InChI=1S/C13H19F2NO/c1-3-7-16-8-11-6-4-5-10(2)13(11)17-9-12(14)15/h4-6,12,16H,3,7-9H2,1-2H3. The Hall–Kier alpha value is -1.16. The van der Waals surface area contributed by atoms with E-state index in [1.165, 1.54) is 0 Å². The number of aryl methyl sites for hydroxylation is 1. The molecule has 2 nitrogen and oxygen atoms in total. The van der Waals surface area contributed by atoms with Crippen LogP contribution in [-0.2, 0) is 6.54 Å². The molecule has 0 saturated heterocycles. The van der Waals surface area contributed by atoms with Crippen LogP contribution < -0.4 is 10.1 Å². The summed E-state index contributed by atoms with van der Waals surface area (Å²) in [5.41, 5.74) is 1.82. The van der Waals surface area contributed by atoms with Gasteiger partial charge in [-0.2, -0.15) is 0 Å². The van der Waals surface area contributed by atoms with Crippen molar-refractivity contribution in [3.63, 3.8) is 0 Å². The third-order valence-corrected chi connectivity index (χ3v) is 2.39. The van der Waals surface area contributed by atoms with Gasteiger partial charge in [0.15, 0.2) is 0 Å². The second-order valence-electron chi connectivity index (χ2n) is 3.94. The summed E-state index contributed by atoms with van der Waals surface area (Å²) in [6, 6.07) is 5.67. The molecule has 0 atom stereocenters. The Morgan fingerprint density at radius 2 is 2.12 bits per heavy atom. The molecule has 17 heavy (non-hydrogen) atoms. The average molecular weight is 243 g/mol. The molecule has 0 radical (unpaired) electrons. The minimum absolute atomic E-state index is 0.550. The maximum Gasteiger partial charge on any atom is 0.272 e. The van der Waals surface area contributed by atoms with Crippen molar-refractivity contribution in [2.45, 2.75) is 33.2 Å². The smallest absolute Gasteiger partial charge is 0.272 e. The van der Waals surface area contributed by atoms with Crippen LogP contribution in [0.2, 0.25) is 0 Å². The number of rotatable bonds is 7. The Balaban J connectivity index is 2.69. The Bertz CT molecular complexity index is 342. The molecule has 0 spiro atoms. The molecule has 0 heterocycles. The van der Waals surface area contributed by atoms with Gasteiger partial charge in [0.2, 0.25) is 0 Å². The van der Waals surface area contributed by atoms with Crippen molar-refractivity contribution < 1.29 is 13.5 Å². The SMILES string of the molecule is CCCNCc1cccc(C)c1OCC(F)F. The molecule has 0 fully saturated rings. The van der Waals surface area contributed by atoms with E-state index in [1.807, 2.05) is 25.1 Å². The van der Waals surface area contributed by atoms with E-state index < -0.39 is 13.0 Å². The number of para-hydroxylation sites is 1. The zero-order valence-electron chi connectivity index (χ0n) is 10.3. The molecule has 96 valence electrons. The van der Waals surface area contributed by atoms with Gasteiger partial charge < -0.3 is 10.1 Å². The fraction of sp³-hybridized carbons (Fsp3) is 0.538. The number of ether oxygens (including phenoxy) is 1. The fourth-order valence-corrected chi connectivity index (χ4v) is 1.61. The minimum atomic E-state index is -2.44. The molecule has 1 aromatic rings. The summed E-state index contributed by atoms with van der Waals surface area (Å²) >= 11 is 0. The van der Waals surface area contributed by atoms with Gasteiger partial charge in [-0.05, 0) is 25.5 Å². The topological polar surface area (TPSA) is 21.3 Å². The van der Waals surface area contributed by atoms with E-state index in [2.05, 4.69) is 12.2 Å². The van der Waals surface area contributed by atoms with E-state index in [-0.39, 0.29) is 0 Å². The second-order valence-corrected chi connectivity index (χ2v) is 3.94. The van der Waals surface area contributed by atoms with Crippen LogP contribution in [0.4, 0.5) is 8.78 Å². The highest BCUT2D eigenvalue weighted by Gasteiger charge is 2.09. The molecule has 0 aromatic heterocycles. The predicted octanol–water partition coefficient (Wildman–Crippen LogP) is 3.14. The summed E-state index contributed by atoms with van der Waals surface area (Å²) < 4.78 is 29.5. The normalized spacial score (nSPS) is 10.9. The lowest BCUT2D eigenvalue weighted by Gasteiger charge is -2.14. The van der Waals surface area contributed by atoms with Crippen molar-refractivity contribution >= 4 is 0 Å². The summed E-state index contributed by atoms with van der Waals surface area (Å²) in [6.45, 7) is 4.95. The molecule has 0 bridgehead atoms. The number of hydrogen-bond donors (Lipinski definition) is 1. The summed E-state index contributed by atoms with van der Waals surface area (Å²) in [6.07, 6.45) is -1.40. The van der Waals surface area contributed by atoms with Crippen molar-refractivity contribution in [3.8, 4) is 5.75 Å². The van der Waals surface area contributed by atoms with E-state index in [0.29, 0.717) is 12.3 Å². The third kappa shape index (κ3) is 4.69. The van der Waals surface area contributed by atoms with Gasteiger partial charge in [-0.1, -0.05) is 25.1 Å². The Morgan fingerprint density at radius 3 is 2.76 bits per heavy atom. The predicted molar refractivity (Wildman–Crippen MR) is 64.7 cm³/mol. The molecule has 1 rings (SSSR count). The molecule has 0 aliphatic carbocycles. The fourth-order valence-electron chi connectivity index (χ4n) is 1.61. The van der Waals surface area contributed by atoms with Gasteiger partial charge in [-0.3, -0.25) is 0 Å². The highest BCUT2D eigenvalue weighted by Crippen LogP contribution is 2.23. The van der Waals surface area contributed by atoms with Crippen molar-refractivity contribution in [2.75, 3.05) is 13.2 Å². The van der Waals surface area contributed by atoms with E-state index in [1.54, 1.807) is 0 Å². The van der Waals surface area contributed by atoms with Gasteiger partial charge in [0.25, 0.3) is 6.43 Å². The summed E-state index contributed by atoms with van der Waals surface area (Å²) in [5, 5.41) is 3.24. The van der Waals surface area contributed by atoms with E-state index in [0.717, 1.165) is 24.1 Å². The molecule has 1 aromatic carbocycles. The van der Waals surface area contributed by atoms with Gasteiger partial charge in [0.05, 0.1) is 0 Å². The van der Waals surface area contributed by atoms with Gasteiger partial charge in [0, 0.05) is 12.1 Å². The van der Waals surface area contributed by atoms with Crippen LogP contribution in [0.15, 0.2) is 18.2 Å². The number of halogens is 2. The molecule has 0 saturated carbocycles. The average Bonchev–Trinajstić information content (AvgIpc) is 2.28. The van der Waals surface area contributed by atoms with E-state index >= 15 is 0 Å². The summed E-state index contributed by atoms with van der Waals surface area (Å²) in [7, 11) is 0. The van der Waals surface area contributed by atoms with Gasteiger partial charge >= 0.3 is 0 Å². The Morgan fingerprint density at radius 1 is 1.35 bits per heavy atom. The van der Waals surface area contributed by atoms with Crippen molar-refractivity contribution in [1.29, 1.82) is 0 Å². The lowest BCUT2D eigenvalue weighted by molar-refractivity contribution is 0.0810. The first-order chi connectivity index (χ1) is 8.15. The molecular formula is C13H19F2NO. The van der Waals surface area contributed by atoms with E-state index in [4.69, 9.17) is 4.74 Å². The summed E-state index contributed by atoms with van der Waals surface area (Å²) in [5.74, 6) is 0.580. The Labute approximate surface area is 101 Å². The molecule has 0 aliphatic heterocycles. The third-order valence-electron chi connectivity index (χ3n) is 2.39. The lowest BCUT2D eigenvalue weighted by atomic mass is 10.1. The molecule has 4 heteroatoms. The maximum absolute atomic E-state index is 12.1. The van der Waals surface area contributed by atoms with Crippen LogP contribution in [0.3, 0.4) is 0 Å². The van der Waals surface area contributed by atoms with E-state index in [9.17, 15) is 8.78 Å². The minimum Gasteiger partial charge on any atom is -0.487 e.